The number of ether oxygens (including phenoxy) is 1. The topological polar surface area (TPSA) is 101 Å². The summed E-state index contributed by atoms with van der Waals surface area (Å²) in [5, 5.41) is 3.54. The van der Waals surface area contributed by atoms with Crippen LogP contribution in [0.25, 0.3) is 5.57 Å². The quantitative estimate of drug-likeness (QED) is 0.705. The number of hydrogen-bond acceptors (Lipinski definition) is 7. The number of anilines is 3. The van der Waals surface area contributed by atoms with Gasteiger partial charge < -0.3 is 19.9 Å². The van der Waals surface area contributed by atoms with Crippen LogP contribution in [-0.4, -0.2) is 57.1 Å². The average Bonchev–Trinajstić information content (AvgIpc) is 3.20. The molecule has 10 heteroatoms. The summed E-state index contributed by atoms with van der Waals surface area (Å²) in [5.41, 5.74) is 2.22. The smallest absolute Gasteiger partial charge is 0.410 e. The first-order chi connectivity index (χ1) is 15.7. The van der Waals surface area contributed by atoms with E-state index in [1.807, 2.05) is 32.9 Å². The van der Waals surface area contributed by atoms with Crippen LogP contribution < -0.4 is 10.2 Å². The molecule has 174 valence electrons. The number of carbonyl (C=O) groups excluding carboxylic acids is 2. The third kappa shape index (κ3) is 5.60. The standard InChI is InChI=1S/C23H27ClN6O3/c1-23(2,3)33-22(32)29-8-4-6-15(14-29)20-18(24)13-26-21(28-20)27-16-10-17(12-25-11-16)30-9-5-7-19(30)31/h6,10-13H,4-5,7-9,14H2,1-3H3,(H,26,27,28). The second-order valence-electron chi connectivity index (χ2n) is 9.02. The van der Waals surface area contributed by atoms with Gasteiger partial charge in [0.1, 0.15) is 5.60 Å². The number of amides is 2. The normalized spacial score (nSPS) is 16.6. The molecule has 4 heterocycles. The van der Waals surface area contributed by atoms with Crippen LogP contribution in [0, 0.1) is 0 Å². The molecule has 0 saturated carbocycles. The molecule has 1 fully saturated rings. The Kier molecular flexibility index (Phi) is 6.51. The number of nitrogens with one attached hydrogen (secondary N) is 1. The van der Waals surface area contributed by atoms with Gasteiger partial charge in [0.25, 0.3) is 0 Å². The van der Waals surface area contributed by atoms with Crippen molar-refractivity contribution < 1.29 is 14.3 Å². The van der Waals surface area contributed by atoms with Gasteiger partial charge in [-0.2, -0.15) is 0 Å². The third-order valence-corrected chi connectivity index (χ3v) is 5.49. The summed E-state index contributed by atoms with van der Waals surface area (Å²) >= 11 is 6.41. The van der Waals surface area contributed by atoms with Crippen LogP contribution in [0.4, 0.5) is 22.1 Å². The Labute approximate surface area is 197 Å². The first kappa shape index (κ1) is 23.0. The maximum Gasteiger partial charge on any atom is 0.410 e. The number of aromatic nitrogens is 3. The van der Waals surface area contributed by atoms with Crippen molar-refractivity contribution in [3.63, 3.8) is 0 Å². The van der Waals surface area contributed by atoms with E-state index in [4.69, 9.17) is 16.3 Å². The van der Waals surface area contributed by atoms with E-state index in [0.29, 0.717) is 54.8 Å². The van der Waals surface area contributed by atoms with Crippen molar-refractivity contribution in [2.45, 2.75) is 45.6 Å². The van der Waals surface area contributed by atoms with Gasteiger partial charge in [0.2, 0.25) is 11.9 Å². The van der Waals surface area contributed by atoms with E-state index in [1.165, 1.54) is 6.20 Å². The number of rotatable bonds is 4. The molecule has 1 N–H and O–H groups in total. The fourth-order valence-corrected chi connectivity index (χ4v) is 3.96. The number of halogens is 1. The molecule has 2 amide bonds. The van der Waals surface area contributed by atoms with Gasteiger partial charge in [-0.15, -0.1) is 0 Å². The lowest BCUT2D eigenvalue weighted by Gasteiger charge is -2.30. The van der Waals surface area contributed by atoms with Crippen molar-refractivity contribution >= 4 is 46.5 Å². The van der Waals surface area contributed by atoms with Crippen LogP contribution in [0.2, 0.25) is 5.02 Å². The van der Waals surface area contributed by atoms with E-state index in [1.54, 1.807) is 22.2 Å². The summed E-state index contributed by atoms with van der Waals surface area (Å²) in [7, 11) is 0. The van der Waals surface area contributed by atoms with Crippen molar-refractivity contribution in [2.75, 3.05) is 29.9 Å². The predicted molar refractivity (Wildman–Crippen MR) is 127 cm³/mol. The van der Waals surface area contributed by atoms with Gasteiger partial charge in [0.15, 0.2) is 0 Å². The Balaban J connectivity index is 1.51. The molecular formula is C23H27ClN6O3. The Hall–Kier alpha value is -3.20. The van der Waals surface area contributed by atoms with Crippen LogP contribution in [0.5, 0.6) is 0 Å². The molecule has 0 spiro atoms. The summed E-state index contributed by atoms with van der Waals surface area (Å²) in [6, 6.07) is 1.85. The zero-order valence-electron chi connectivity index (χ0n) is 19.0. The molecule has 33 heavy (non-hydrogen) atoms. The molecule has 2 aromatic rings. The third-order valence-electron chi connectivity index (χ3n) is 5.22. The molecule has 9 nitrogen and oxygen atoms in total. The van der Waals surface area contributed by atoms with Crippen LogP contribution in [0.3, 0.4) is 0 Å². The van der Waals surface area contributed by atoms with Crippen molar-refractivity contribution in [1.82, 2.24) is 19.9 Å². The largest absolute Gasteiger partial charge is 0.444 e. The van der Waals surface area contributed by atoms with E-state index < -0.39 is 5.60 Å². The summed E-state index contributed by atoms with van der Waals surface area (Å²) < 4.78 is 5.50. The summed E-state index contributed by atoms with van der Waals surface area (Å²) in [6.45, 7) is 7.13. The van der Waals surface area contributed by atoms with Crippen molar-refractivity contribution in [3.8, 4) is 0 Å². The van der Waals surface area contributed by atoms with Gasteiger partial charge in [0, 0.05) is 19.5 Å². The van der Waals surface area contributed by atoms with Crippen LogP contribution in [-0.2, 0) is 9.53 Å². The maximum absolute atomic E-state index is 12.5. The van der Waals surface area contributed by atoms with Crippen LogP contribution in [0.1, 0.15) is 45.7 Å². The Bertz CT molecular complexity index is 1100. The fraction of sp³-hybridized carbons (Fsp3) is 0.435. The number of nitrogens with zero attached hydrogens (tertiary/aromatic N) is 5. The van der Waals surface area contributed by atoms with Crippen molar-refractivity contribution in [2.24, 2.45) is 0 Å². The molecule has 2 aliphatic rings. The summed E-state index contributed by atoms with van der Waals surface area (Å²) in [6.07, 6.45) is 8.57. The van der Waals surface area contributed by atoms with E-state index in [2.05, 4.69) is 20.3 Å². The van der Waals surface area contributed by atoms with Gasteiger partial charge in [-0.1, -0.05) is 17.7 Å². The van der Waals surface area contributed by atoms with E-state index >= 15 is 0 Å². The minimum absolute atomic E-state index is 0.0951. The molecule has 0 atom stereocenters. The molecule has 0 aromatic carbocycles. The molecule has 2 aromatic heterocycles. The highest BCUT2D eigenvalue weighted by Gasteiger charge is 2.26. The van der Waals surface area contributed by atoms with Gasteiger partial charge >= 0.3 is 6.09 Å². The van der Waals surface area contributed by atoms with Crippen LogP contribution in [0.15, 0.2) is 30.7 Å². The van der Waals surface area contributed by atoms with Crippen molar-refractivity contribution in [3.05, 3.63) is 41.4 Å². The SMILES string of the molecule is CC(C)(C)OC(=O)N1CCC=C(c2nc(Nc3cncc(N4CCCC4=O)c3)ncc2Cl)C1. The lowest BCUT2D eigenvalue weighted by molar-refractivity contribution is -0.117. The first-order valence-electron chi connectivity index (χ1n) is 10.9. The second-order valence-corrected chi connectivity index (χ2v) is 9.42. The van der Waals surface area contributed by atoms with Gasteiger partial charge in [-0.25, -0.2) is 14.8 Å². The molecule has 0 unspecified atom stereocenters. The lowest BCUT2D eigenvalue weighted by Crippen LogP contribution is -2.39. The highest BCUT2D eigenvalue weighted by atomic mass is 35.5. The molecule has 0 radical (unpaired) electrons. The highest BCUT2D eigenvalue weighted by molar-refractivity contribution is 6.32. The van der Waals surface area contributed by atoms with Crippen LogP contribution >= 0.6 is 11.6 Å². The zero-order chi connectivity index (χ0) is 23.6. The Morgan fingerprint density at radius 3 is 2.76 bits per heavy atom. The van der Waals surface area contributed by atoms with Crippen molar-refractivity contribution in [1.29, 1.82) is 0 Å². The fourth-order valence-electron chi connectivity index (χ4n) is 3.74. The summed E-state index contributed by atoms with van der Waals surface area (Å²) in [4.78, 5) is 41.0. The highest BCUT2D eigenvalue weighted by Crippen LogP contribution is 2.29. The molecule has 0 aliphatic carbocycles. The Morgan fingerprint density at radius 1 is 1.21 bits per heavy atom. The predicted octanol–water partition coefficient (Wildman–Crippen LogP) is 4.42. The molecule has 0 bridgehead atoms. The number of hydrogen-bond donors (Lipinski definition) is 1. The zero-order valence-corrected chi connectivity index (χ0v) is 19.7. The van der Waals surface area contributed by atoms with Gasteiger partial charge in [-0.05, 0) is 45.3 Å². The molecule has 4 rings (SSSR count). The minimum atomic E-state index is -0.565. The first-order valence-corrected chi connectivity index (χ1v) is 11.3. The number of pyridine rings is 1. The van der Waals surface area contributed by atoms with Gasteiger partial charge in [0.05, 0.1) is 47.2 Å². The average molecular weight is 471 g/mol. The Morgan fingerprint density at radius 2 is 2.03 bits per heavy atom. The van der Waals surface area contributed by atoms with E-state index in [-0.39, 0.29) is 12.0 Å². The lowest BCUT2D eigenvalue weighted by atomic mass is 10.1. The number of carbonyl (C=O) groups is 2. The maximum atomic E-state index is 12.5. The summed E-state index contributed by atoms with van der Waals surface area (Å²) in [5.74, 6) is 0.439. The van der Waals surface area contributed by atoms with Gasteiger partial charge in [-0.3, -0.25) is 9.78 Å². The monoisotopic (exact) mass is 470 g/mol. The molecule has 1 saturated heterocycles. The molecular weight excluding hydrogens is 444 g/mol. The second kappa shape index (κ2) is 9.35. The van der Waals surface area contributed by atoms with E-state index in [0.717, 1.165) is 17.7 Å². The molecule has 2 aliphatic heterocycles. The van der Waals surface area contributed by atoms with E-state index in [9.17, 15) is 9.59 Å². The minimum Gasteiger partial charge on any atom is -0.444 e.